The summed E-state index contributed by atoms with van der Waals surface area (Å²) in [5.41, 5.74) is 12.0. The normalized spacial score (nSPS) is 12.2. The Hall–Kier alpha value is -1.80. The molecule has 2 aromatic rings. The van der Waals surface area contributed by atoms with E-state index in [-0.39, 0.29) is 6.04 Å². The van der Waals surface area contributed by atoms with Gasteiger partial charge in [-0.15, -0.1) is 0 Å². The predicted molar refractivity (Wildman–Crippen MR) is 84.0 cm³/mol. The monoisotopic (exact) mass is 269 g/mol. The summed E-state index contributed by atoms with van der Waals surface area (Å²) in [6.45, 7) is 8.85. The maximum Gasteiger partial charge on any atom is 0.124 e. The van der Waals surface area contributed by atoms with Gasteiger partial charge in [0.15, 0.2) is 0 Å². The first-order valence-electron chi connectivity index (χ1n) is 7.02. The molecule has 0 bridgehead atoms. The lowest BCUT2D eigenvalue weighted by Gasteiger charge is -2.16. The van der Waals surface area contributed by atoms with Crippen LogP contribution in [0.4, 0.5) is 0 Å². The first-order valence-corrected chi connectivity index (χ1v) is 7.02. The first-order chi connectivity index (χ1) is 9.47. The third-order valence-corrected chi connectivity index (χ3v) is 3.54. The van der Waals surface area contributed by atoms with E-state index < -0.39 is 0 Å². The van der Waals surface area contributed by atoms with Crippen molar-refractivity contribution in [1.29, 1.82) is 0 Å². The summed E-state index contributed by atoms with van der Waals surface area (Å²) in [4.78, 5) is 0. The smallest absolute Gasteiger partial charge is 0.124 e. The summed E-state index contributed by atoms with van der Waals surface area (Å²) in [6.07, 6.45) is 0. The molecule has 0 aliphatic rings. The van der Waals surface area contributed by atoms with Gasteiger partial charge in [-0.05, 0) is 44.9 Å². The second-order valence-corrected chi connectivity index (χ2v) is 5.55. The van der Waals surface area contributed by atoms with Crippen LogP contribution in [0.25, 0.3) is 0 Å². The van der Waals surface area contributed by atoms with Gasteiger partial charge < -0.3 is 10.5 Å². The van der Waals surface area contributed by atoms with Crippen LogP contribution < -0.4 is 10.5 Å². The van der Waals surface area contributed by atoms with Gasteiger partial charge in [0.2, 0.25) is 0 Å². The van der Waals surface area contributed by atoms with Gasteiger partial charge >= 0.3 is 0 Å². The first kappa shape index (κ1) is 14.6. The number of hydrogen-bond acceptors (Lipinski definition) is 2. The largest absolute Gasteiger partial charge is 0.489 e. The zero-order valence-electron chi connectivity index (χ0n) is 12.7. The molecule has 106 valence electrons. The fourth-order valence-corrected chi connectivity index (χ4v) is 2.32. The maximum absolute atomic E-state index is 6.02. The fraction of sp³-hybridized carbons (Fsp3) is 0.333. The number of nitrogens with two attached hydrogens (primary N) is 1. The Labute approximate surface area is 121 Å². The van der Waals surface area contributed by atoms with Crippen molar-refractivity contribution in [2.45, 2.75) is 40.3 Å². The molecular formula is C18H23NO. The second-order valence-electron chi connectivity index (χ2n) is 5.55. The average molecular weight is 269 g/mol. The van der Waals surface area contributed by atoms with E-state index in [1.165, 1.54) is 22.3 Å². The van der Waals surface area contributed by atoms with E-state index >= 15 is 0 Å². The van der Waals surface area contributed by atoms with Crippen molar-refractivity contribution in [3.8, 4) is 5.75 Å². The van der Waals surface area contributed by atoms with Crippen molar-refractivity contribution in [3.05, 3.63) is 64.2 Å². The Morgan fingerprint density at radius 3 is 2.30 bits per heavy atom. The molecule has 0 saturated heterocycles. The van der Waals surface area contributed by atoms with Crippen molar-refractivity contribution in [1.82, 2.24) is 0 Å². The van der Waals surface area contributed by atoms with Crippen molar-refractivity contribution < 1.29 is 4.74 Å². The molecule has 2 N–H and O–H groups in total. The molecule has 2 heteroatoms. The van der Waals surface area contributed by atoms with E-state index in [9.17, 15) is 0 Å². The molecule has 20 heavy (non-hydrogen) atoms. The minimum absolute atomic E-state index is 0.0241. The highest BCUT2D eigenvalue weighted by molar-refractivity contribution is 5.39. The zero-order chi connectivity index (χ0) is 14.7. The van der Waals surface area contributed by atoms with Crippen molar-refractivity contribution in [2.24, 2.45) is 5.73 Å². The lowest BCUT2D eigenvalue weighted by Crippen LogP contribution is -2.08. The van der Waals surface area contributed by atoms with Gasteiger partial charge in [0.25, 0.3) is 0 Å². The molecular weight excluding hydrogens is 246 g/mol. The van der Waals surface area contributed by atoms with E-state index in [0.717, 1.165) is 11.3 Å². The van der Waals surface area contributed by atoms with Gasteiger partial charge in [-0.3, -0.25) is 0 Å². The number of hydrogen-bond donors (Lipinski definition) is 1. The SMILES string of the molecule is Cc1ccc(COc2ccc(C)cc2C(C)N)c(C)c1. The zero-order valence-corrected chi connectivity index (χ0v) is 12.7. The molecule has 2 aromatic carbocycles. The highest BCUT2D eigenvalue weighted by Gasteiger charge is 2.09. The maximum atomic E-state index is 6.02. The molecule has 1 unspecified atom stereocenters. The highest BCUT2D eigenvalue weighted by Crippen LogP contribution is 2.26. The van der Waals surface area contributed by atoms with E-state index in [1.54, 1.807) is 0 Å². The number of aryl methyl sites for hydroxylation is 3. The van der Waals surface area contributed by atoms with Gasteiger partial charge in [0.05, 0.1) is 0 Å². The molecule has 0 aromatic heterocycles. The summed E-state index contributed by atoms with van der Waals surface area (Å²) < 4.78 is 5.98. The Morgan fingerprint density at radius 1 is 1.00 bits per heavy atom. The minimum Gasteiger partial charge on any atom is -0.489 e. The summed E-state index contributed by atoms with van der Waals surface area (Å²) >= 11 is 0. The lowest BCUT2D eigenvalue weighted by molar-refractivity contribution is 0.300. The van der Waals surface area contributed by atoms with Gasteiger partial charge in [-0.25, -0.2) is 0 Å². The van der Waals surface area contributed by atoms with Gasteiger partial charge in [0.1, 0.15) is 12.4 Å². The molecule has 0 fully saturated rings. The Morgan fingerprint density at radius 2 is 1.65 bits per heavy atom. The van der Waals surface area contributed by atoms with Crippen LogP contribution in [0.3, 0.4) is 0 Å². The van der Waals surface area contributed by atoms with Crippen molar-refractivity contribution in [2.75, 3.05) is 0 Å². The standard InChI is InChI=1S/C18H23NO/c1-12-5-7-16(14(3)9-12)11-20-18-8-6-13(2)10-17(18)15(4)19/h5-10,15H,11,19H2,1-4H3. The fourth-order valence-electron chi connectivity index (χ4n) is 2.32. The molecule has 0 amide bonds. The topological polar surface area (TPSA) is 35.2 Å². The molecule has 2 nitrogen and oxygen atoms in total. The predicted octanol–water partition coefficient (Wildman–Crippen LogP) is 4.21. The van der Waals surface area contributed by atoms with Crippen LogP contribution in [0.15, 0.2) is 36.4 Å². The van der Waals surface area contributed by atoms with Crippen LogP contribution in [-0.4, -0.2) is 0 Å². The molecule has 0 aliphatic heterocycles. The van der Waals surface area contributed by atoms with Crippen LogP contribution in [-0.2, 0) is 6.61 Å². The van der Waals surface area contributed by atoms with E-state index in [0.29, 0.717) is 6.61 Å². The summed E-state index contributed by atoms with van der Waals surface area (Å²) in [6, 6.07) is 12.6. The molecule has 0 heterocycles. The summed E-state index contributed by atoms with van der Waals surface area (Å²) in [7, 11) is 0. The number of benzene rings is 2. The summed E-state index contributed by atoms with van der Waals surface area (Å²) in [5.74, 6) is 0.880. The summed E-state index contributed by atoms with van der Waals surface area (Å²) in [5, 5.41) is 0. The number of rotatable bonds is 4. The van der Waals surface area contributed by atoms with Crippen LogP contribution in [0, 0.1) is 20.8 Å². The van der Waals surface area contributed by atoms with Crippen LogP contribution in [0.1, 0.15) is 40.8 Å². The minimum atomic E-state index is -0.0241. The molecule has 0 radical (unpaired) electrons. The van der Waals surface area contributed by atoms with Crippen LogP contribution >= 0.6 is 0 Å². The lowest BCUT2D eigenvalue weighted by atomic mass is 10.0. The molecule has 0 saturated carbocycles. The molecule has 0 spiro atoms. The Balaban J connectivity index is 2.18. The Bertz CT molecular complexity index is 602. The van der Waals surface area contributed by atoms with E-state index in [1.807, 2.05) is 13.0 Å². The second kappa shape index (κ2) is 6.10. The van der Waals surface area contributed by atoms with Crippen LogP contribution in [0.5, 0.6) is 5.75 Å². The average Bonchev–Trinajstić information content (AvgIpc) is 2.38. The van der Waals surface area contributed by atoms with Gasteiger partial charge in [-0.1, -0.05) is 41.5 Å². The highest BCUT2D eigenvalue weighted by atomic mass is 16.5. The Kier molecular flexibility index (Phi) is 4.46. The third kappa shape index (κ3) is 3.40. The van der Waals surface area contributed by atoms with E-state index in [2.05, 4.69) is 51.1 Å². The van der Waals surface area contributed by atoms with Crippen molar-refractivity contribution >= 4 is 0 Å². The van der Waals surface area contributed by atoms with Crippen molar-refractivity contribution in [3.63, 3.8) is 0 Å². The van der Waals surface area contributed by atoms with Gasteiger partial charge in [-0.2, -0.15) is 0 Å². The molecule has 2 rings (SSSR count). The van der Waals surface area contributed by atoms with E-state index in [4.69, 9.17) is 10.5 Å². The molecule has 1 atom stereocenters. The van der Waals surface area contributed by atoms with Crippen LogP contribution in [0.2, 0.25) is 0 Å². The number of ether oxygens (including phenoxy) is 1. The third-order valence-electron chi connectivity index (χ3n) is 3.54. The van der Waals surface area contributed by atoms with Gasteiger partial charge in [0, 0.05) is 11.6 Å². The molecule has 0 aliphatic carbocycles. The quantitative estimate of drug-likeness (QED) is 0.902.